The molecular formula is C17H11FN4O3. The van der Waals surface area contributed by atoms with Gasteiger partial charge in [-0.05, 0) is 17.7 Å². The highest BCUT2D eigenvalue weighted by Gasteiger charge is 2.24. The zero-order valence-electron chi connectivity index (χ0n) is 13.0. The number of methoxy groups -OCH3 is 1. The third-order valence-corrected chi connectivity index (χ3v) is 3.94. The molecule has 4 rings (SSSR count). The number of carbonyl (C=O) groups excluding carboxylic acids is 1. The van der Waals surface area contributed by atoms with Crippen LogP contribution in [0.3, 0.4) is 0 Å². The van der Waals surface area contributed by atoms with Crippen molar-refractivity contribution in [2.75, 3.05) is 7.11 Å². The lowest BCUT2D eigenvalue weighted by atomic mass is 10.0. The number of ether oxygens (including phenoxy) is 1. The minimum Gasteiger partial charge on any atom is -0.505 e. The van der Waals surface area contributed by atoms with Gasteiger partial charge in [0.05, 0.1) is 7.11 Å². The van der Waals surface area contributed by atoms with E-state index in [-0.39, 0.29) is 17.3 Å². The minimum absolute atomic E-state index is 0.138. The molecule has 4 aromatic rings. The van der Waals surface area contributed by atoms with E-state index in [1.54, 1.807) is 18.3 Å². The van der Waals surface area contributed by atoms with Gasteiger partial charge in [0.1, 0.15) is 12.1 Å². The fourth-order valence-corrected chi connectivity index (χ4v) is 2.81. The average Bonchev–Trinajstić information content (AvgIpc) is 3.11. The Morgan fingerprint density at radius 1 is 1.24 bits per heavy atom. The first-order valence-electron chi connectivity index (χ1n) is 7.28. The van der Waals surface area contributed by atoms with Gasteiger partial charge in [0.25, 0.3) is 0 Å². The molecule has 0 radical (unpaired) electrons. The summed E-state index contributed by atoms with van der Waals surface area (Å²) < 4.78 is 19.2. The number of aromatic hydroxyl groups is 1. The molecule has 0 unspecified atom stereocenters. The minimum atomic E-state index is -0.748. The van der Waals surface area contributed by atoms with Crippen LogP contribution in [-0.2, 0) is 4.74 Å². The van der Waals surface area contributed by atoms with Crippen LogP contribution in [-0.4, -0.2) is 37.8 Å². The summed E-state index contributed by atoms with van der Waals surface area (Å²) in [7, 11) is 1.21. The molecule has 1 aromatic carbocycles. The molecule has 0 aliphatic rings. The molecule has 0 saturated heterocycles. The number of carbonyl (C=O) groups is 1. The maximum atomic E-state index is 13.2. The van der Waals surface area contributed by atoms with Crippen molar-refractivity contribution < 1.29 is 19.0 Å². The molecular weight excluding hydrogens is 327 g/mol. The molecule has 25 heavy (non-hydrogen) atoms. The molecule has 0 bridgehead atoms. The Hall–Kier alpha value is -3.55. The number of halogens is 1. The lowest BCUT2D eigenvalue weighted by Gasteiger charge is -2.12. The highest BCUT2D eigenvalue weighted by molar-refractivity contribution is 6.10. The number of nitrogens with zero attached hydrogens (tertiary/aromatic N) is 4. The van der Waals surface area contributed by atoms with E-state index in [0.717, 1.165) is 0 Å². The van der Waals surface area contributed by atoms with Gasteiger partial charge >= 0.3 is 5.97 Å². The van der Waals surface area contributed by atoms with Crippen molar-refractivity contribution >= 4 is 22.4 Å². The van der Waals surface area contributed by atoms with E-state index in [2.05, 4.69) is 15.1 Å². The largest absolute Gasteiger partial charge is 0.505 e. The van der Waals surface area contributed by atoms with Crippen LogP contribution in [0, 0.1) is 5.82 Å². The zero-order valence-corrected chi connectivity index (χ0v) is 13.0. The molecule has 0 aliphatic carbocycles. The number of hydrogen-bond acceptors (Lipinski definition) is 6. The summed E-state index contributed by atoms with van der Waals surface area (Å²) in [5.41, 5.74) is 1.53. The molecule has 1 N–H and O–H groups in total. The lowest BCUT2D eigenvalue weighted by molar-refractivity contribution is 0.0587. The van der Waals surface area contributed by atoms with Gasteiger partial charge in [-0.1, -0.05) is 12.1 Å². The van der Waals surface area contributed by atoms with E-state index in [1.807, 2.05) is 0 Å². The van der Waals surface area contributed by atoms with E-state index in [0.29, 0.717) is 27.5 Å². The lowest BCUT2D eigenvalue weighted by Crippen LogP contribution is -2.10. The maximum absolute atomic E-state index is 13.2. The summed E-state index contributed by atoms with van der Waals surface area (Å²) in [4.78, 5) is 20.4. The first-order chi connectivity index (χ1) is 12.1. The van der Waals surface area contributed by atoms with E-state index in [9.17, 15) is 14.3 Å². The number of benzene rings is 1. The van der Waals surface area contributed by atoms with Gasteiger partial charge in [-0.25, -0.2) is 18.7 Å². The van der Waals surface area contributed by atoms with E-state index in [4.69, 9.17) is 4.74 Å². The Balaban J connectivity index is 2.15. The molecule has 8 heteroatoms. The van der Waals surface area contributed by atoms with Crippen molar-refractivity contribution in [1.29, 1.82) is 0 Å². The molecule has 0 amide bonds. The molecule has 3 heterocycles. The average molecular weight is 338 g/mol. The van der Waals surface area contributed by atoms with Crippen LogP contribution < -0.4 is 0 Å². The second-order valence-corrected chi connectivity index (χ2v) is 5.30. The Labute approximate surface area is 140 Å². The SMILES string of the molecule is COC(=O)c1c(O)c2cncc(-c3ccc(F)cc3)c2c2ncnn12. The van der Waals surface area contributed by atoms with Crippen LogP contribution in [0.1, 0.15) is 10.5 Å². The van der Waals surface area contributed by atoms with Gasteiger partial charge in [-0.3, -0.25) is 4.98 Å². The quantitative estimate of drug-likeness (QED) is 0.565. The molecule has 0 spiro atoms. The topological polar surface area (TPSA) is 89.6 Å². The summed E-state index contributed by atoms with van der Waals surface area (Å²) in [5.74, 6) is -1.42. The molecule has 0 atom stereocenters. The second-order valence-electron chi connectivity index (χ2n) is 5.30. The first-order valence-corrected chi connectivity index (χ1v) is 7.28. The van der Waals surface area contributed by atoms with Gasteiger partial charge in [-0.2, -0.15) is 5.10 Å². The van der Waals surface area contributed by atoms with Crippen molar-refractivity contribution in [2.24, 2.45) is 0 Å². The third kappa shape index (κ3) is 2.18. The predicted octanol–water partition coefficient (Wildman–Crippen LogP) is 2.58. The first kappa shape index (κ1) is 15.0. The fraction of sp³-hybridized carbons (Fsp3) is 0.0588. The highest BCUT2D eigenvalue weighted by Crippen LogP contribution is 2.37. The molecule has 124 valence electrons. The molecule has 0 aliphatic heterocycles. The Morgan fingerprint density at radius 3 is 2.72 bits per heavy atom. The zero-order chi connectivity index (χ0) is 17.6. The summed E-state index contributed by atoms with van der Waals surface area (Å²) in [5, 5.41) is 15.5. The number of rotatable bonds is 2. The molecule has 0 fully saturated rings. The van der Waals surface area contributed by atoms with E-state index in [1.165, 1.54) is 36.3 Å². The number of esters is 1. The number of pyridine rings is 2. The Morgan fingerprint density at radius 2 is 2.00 bits per heavy atom. The summed E-state index contributed by atoms with van der Waals surface area (Å²) in [6, 6.07) is 5.86. The Bertz CT molecular complexity index is 1120. The highest BCUT2D eigenvalue weighted by atomic mass is 19.1. The molecule has 7 nitrogen and oxygen atoms in total. The fourth-order valence-electron chi connectivity index (χ4n) is 2.81. The van der Waals surface area contributed by atoms with Crippen molar-refractivity contribution in [3.63, 3.8) is 0 Å². The summed E-state index contributed by atoms with van der Waals surface area (Å²) in [6.45, 7) is 0. The second kappa shape index (κ2) is 5.52. The van der Waals surface area contributed by atoms with Gasteiger partial charge < -0.3 is 9.84 Å². The summed E-state index contributed by atoms with van der Waals surface area (Å²) >= 11 is 0. The Kier molecular flexibility index (Phi) is 3.31. The van der Waals surface area contributed by atoms with Crippen LogP contribution in [0.5, 0.6) is 5.75 Å². The maximum Gasteiger partial charge on any atom is 0.360 e. The van der Waals surface area contributed by atoms with Crippen LogP contribution in [0.4, 0.5) is 4.39 Å². The normalized spacial score (nSPS) is 11.1. The van der Waals surface area contributed by atoms with Gasteiger partial charge in [0, 0.05) is 28.7 Å². The smallest absolute Gasteiger partial charge is 0.360 e. The standard InChI is InChI=1S/C17H11FN4O3/c1-25-17(24)14-15(23)12-7-19-6-11(9-2-4-10(18)5-3-9)13(12)16-20-8-21-22(14)16/h2-8,23H,1H3. The number of fused-ring (bicyclic) bond motifs is 3. The number of aromatic nitrogens is 4. The van der Waals surface area contributed by atoms with Crippen LogP contribution in [0.25, 0.3) is 27.5 Å². The van der Waals surface area contributed by atoms with Gasteiger partial charge in [0.2, 0.25) is 0 Å². The van der Waals surface area contributed by atoms with Crippen molar-refractivity contribution in [3.05, 3.63) is 54.5 Å². The van der Waals surface area contributed by atoms with Crippen LogP contribution >= 0.6 is 0 Å². The van der Waals surface area contributed by atoms with E-state index < -0.39 is 5.97 Å². The van der Waals surface area contributed by atoms with E-state index >= 15 is 0 Å². The van der Waals surface area contributed by atoms with Crippen molar-refractivity contribution in [1.82, 2.24) is 19.6 Å². The van der Waals surface area contributed by atoms with Crippen LogP contribution in [0.2, 0.25) is 0 Å². The van der Waals surface area contributed by atoms with Gasteiger partial charge in [0.15, 0.2) is 17.1 Å². The molecule has 3 aromatic heterocycles. The van der Waals surface area contributed by atoms with Crippen LogP contribution in [0.15, 0.2) is 43.0 Å². The number of hydrogen-bond donors (Lipinski definition) is 1. The van der Waals surface area contributed by atoms with Crippen molar-refractivity contribution in [2.45, 2.75) is 0 Å². The molecule has 0 saturated carbocycles. The summed E-state index contributed by atoms with van der Waals surface area (Å²) in [6.07, 6.45) is 4.29. The third-order valence-electron chi connectivity index (χ3n) is 3.94. The van der Waals surface area contributed by atoms with Gasteiger partial charge in [-0.15, -0.1) is 0 Å². The monoisotopic (exact) mass is 338 g/mol. The predicted molar refractivity (Wildman–Crippen MR) is 86.7 cm³/mol. The van der Waals surface area contributed by atoms with Crippen molar-refractivity contribution in [3.8, 4) is 16.9 Å².